The summed E-state index contributed by atoms with van der Waals surface area (Å²) in [6.07, 6.45) is 0.975. The fraction of sp³-hybridized carbons (Fsp3) is 0.143. The Labute approximate surface area is 196 Å². The molecule has 1 atom stereocenters. The van der Waals surface area contributed by atoms with E-state index in [4.69, 9.17) is 0 Å². The number of nitrogens with zero attached hydrogens (tertiary/aromatic N) is 1. The van der Waals surface area contributed by atoms with Gasteiger partial charge in [-0.25, -0.2) is 0 Å². The average molecular weight is 453 g/mol. The lowest BCUT2D eigenvalue weighted by atomic mass is 10.0. The predicted molar refractivity (Wildman–Crippen MR) is 136 cm³/mol. The highest BCUT2D eigenvalue weighted by molar-refractivity contribution is 7.10. The standard InChI is InChI=1S/C28H24N2O2S/c1-2-19-13-15-20(16-14-19)27(25-12-7-17-33-25)29-26(31)18-30-23-10-5-3-8-21(23)28(32)22-9-4-6-11-24(22)30/h3-17,27H,2,18H2,1H3,(H,29,31). The first kappa shape index (κ1) is 21.2. The van der Waals surface area contributed by atoms with Crippen LogP contribution in [0.5, 0.6) is 0 Å². The molecule has 0 radical (unpaired) electrons. The molecule has 5 aromatic rings. The number of carbonyl (C=O) groups excluding carboxylic acids is 1. The first-order valence-corrected chi connectivity index (χ1v) is 12.0. The Morgan fingerprint density at radius 1 is 0.879 bits per heavy atom. The van der Waals surface area contributed by atoms with Crippen molar-refractivity contribution >= 4 is 39.0 Å². The van der Waals surface area contributed by atoms with Crippen molar-refractivity contribution in [2.75, 3.05) is 0 Å². The fourth-order valence-electron chi connectivity index (χ4n) is 4.32. The van der Waals surface area contributed by atoms with E-state index in [1.54, 1.807) is 11.3 Å². The largest absolute Gasteiger partial charge is 0.343 e. The van der Waals surface area contributed by atoms with Crippen molar-refractivity contribution in [3.05, 3.63) is 117 Å². The zero-order valence-corrected chi connectivity index (χ0v) is 19.1. The van der Waals surface area contributed by atoms with E-state index in [1.807, 2.05) is 70.6 Å². The van der Waals surface area contributed by atoms with Gasteiger partial charge in [-0.05, 0) is 53.3 Å². The molecular formula is C28H24N2O2S. The van der Waals surface area contributed by atoms with Crippen LogP contribution < -0.4 is 10.7 Å². The van der Waals surface area contributed by atoms with E-state index in [0.29, 0.717) is 10.8 Å². The molecular weight excluding hydrogens is 428 g/mol. The van der Waals surface area contributed by atoms with Crippen LogP contribution in [0.15, 0.2) is 95.1 Å². The number of aryl methyl sites for hydroxylation is 1. The first-order chi connectivity index (χ1) is 16.2. The van der Waals surface area contributed by atoms with Crippen LogP contribution in [0.1, 0.15) is 29.0 Å². The molecule has 1 unspecified atom stereocenters. The lowest BCUT2D eigenvalue weighted by Crippen LogP contribution is -2.32. The van der Waals surface area contributed by atoms with Crippen molar-refractivity contribution in [3.63, 3.8) is 0 Å². The van der Waals surface area contributed by atoms with Gasteiger partial charge < -0.3 is 9.88 Å². The fourth-order valence-corrected chi connectivity index (χ4v) is 5.12. The van der Waals surface area contributed by atoms with Gasteiger partial charge in [0.15, 0.2) is 5.43 Å². The molecule has 2 heterocycles. The van der Waals surface area contributed by atoms with Gasteiger partial charge in [-0.15, -0.1) is 11.3 Å². The van der Waals surface area contributed by atoms with E-state index in [1.165, 1.54) is 5.56 Å². The van der Waals surface area contributed by atoms with Crippen molar-refractivity contribution in [1.29, 1.82) is 0 Å². The Kier molecular flexibility index (Phi) is 5.80. The van der Waals surface area contributed by atoms with Crippen LogP contribution in [0.3, 0.4) is 0 Å². The van der Waals surface area contributed by atoms with Gasteiger partial charge in [-0.3, -0.25) is 9.59 Å². The molecule has 1 amide bonds. The molecule has 5 heteroatoms. The molecule has 0 fully saturated rings. The third-order valence-corrected chi connectivity index (χ3v) is 6.97. The minimum atomic E-state index is -0.222. The minimum Gasteiger partial charge on any atom is -0.343 e. The normalized spacial score (nSPS) is 12.2. The van der Waals surface area contributed by atoms with E-state index in [0.717, 1.165) is 27.9 Å². The van der Waals surface area contributed by atoms with Gasteiger partial charge in [-0.2, -0.15) is 0 Å². The topological polar surface area (TPSA) is 51.1 Å². The number of carbonyl (C=O) groups is 1. The zero-order chi connectivity index (χ0) is 22.8. The molecule has 2 aromatic heterocycles. The second-order valence-electron chi connectivity index (χ2n) is 8.06. The molecule has 0 spiro atoms. The highest BCUT2D eigenvalue weighted by Gasteiger charge is 2.19. The maximum absolute atomic E-state index is 13.4. The van der Waals surface area contributed by atoms with Crippen molar-refractivity contribution in [2.45, 2.75) is 25.9 Å². The highest BCUT2D eigenvalue weighted by Crippen LogP contribution is 2.27. The highest BCUT2D eigenvalue weighted by atomic mass is 32.1. The summed E-state index contributed by atoms with van der Waals surface area (Å²) in [5.74, 6) is -0.105. The van der Waals surface area contributed by atoms with Crippen LogP contribution in [0.2, 0.25) is 0 Å². The van der Waals surface area contributed by atoms with Crippen molar-refractivity contribution < 1.29 is 4.79 Å². The number of hydrogen-bond donors (Lipinski definition) is 1. The number of thiophene rings is 1. The maximum Gasteiger partial charge on any atom is 0.240 e. The van der Waals surface area contributed by atoms with Gasteiger partial charge in [-0.1, -0.05) is 61.5 Å². The molecule has 164 valence electrons. The molecule has 0 saturated heterocycles. The van der Waals surface area contributed by atoms with Crippen LogP contribution in [-0.2, 0) is 17.8 Å². The molecule has 0 saturated carbocycles. The van der Waals surface area contributed by atoms with Crippen LogP contribution in [-0.4, -0.2) is 10.5 Å². The van der Waals surface area contributed by atoms with E-state index < -0.39 is 0 Å². The first-order valence-electron chi connectivity index (χ1n) is 11.1. The van der Waals surface area contributed by atoms with E-state index >= 15 is 0 Å². The Balaban J connectivity index is 1.53. The average Bonchev–Trinajstić information content (AvgIpc) is 3.40. The summed E-state index contributed by atoms with van der Waals surface area (Å²) in [5, 5.41) is 6.50. The molecule has 1 N–H and O–H groups in total. The summed E-state index contributed by atoms with van der Waals surface area (Å²) in [6.45, 7) is 2.25. The number of pyridine rings is 1. The van der Waals surface area contributed by atoms with E-state index in [-0.39, 0.29) is 23.9 Å². The van der Waals surface area contributed by atoms with Crippen molar-refractivity contribution in [1.82, 2.24) is 9.88 Å². The van der Waals surface area contributed by atoms with Crippen LogP contribution >= 0.6 is 11.3 Å². The Morgan fingerprint density at radius 2 is 1.52 bits per heavy atom. The molecule has 4 nitrogen and oxygen atoms in total. The molecule has 0 aliphatic rings. The number of hydrogen-bond acceptors (Lipinski definition) is 3. The van der Waals surface area contributed by atoms with E-state index in [2.05, 4.69) is 36.5 Å². The summed E-state index contributed by atoms with van der Waals surface area (Å²) in [4.78, 5) is 27.5. The number of benzene rings is 3. The van der Waals surface area contributed by atoms with E-state index in [9.17, 15) is 9.59 Å². The number of nitrogens with one attached hydrogen (secondary N) is 1. The molecule has 0 aliphatic carbocycles. The summed E-state index contributed by atoms with van der Waals surface area (Å²) in [7, 11) is 0. The third-order valence-electron chi connectivity index (χ3n) is 6.03. The molecule has 33 heavy (non-hydrogen) atoms. The molecule has 0 bridgehead atoms. The molecule has 3 aromatic carbocycles. The molecule has 5 rings (SSSR count). The van der Waals surface area contributed by atoms with Gasteiger partial charge in [0, 0.05) is 15.6 Å². The predicted octanol–water partition coefficient (Wildman–Crippen LogP) is 5.68. The Morgan fingerprint density at radius 3 is 2.09 bits per heavy atom. The monoisotopic (exact) mass is 452 g/mol. The van der Waals surface area contributed by atoms with Gasteiger partial charge >= 0.3 is 0 Å². The minimum absolute atomic E-state index is 0.00895. The zero-order valence-electron chi connectivity index (χ0n) is 18.3. The van der Waals surface area contributed by atoms with Crippen molar-refractivity contribution in [3.8, 4) is 0 Å². The third kappa shape index (κ3) is 4.08. The summed E-state index contributed by atoms with van der Waals surface area (Å²) in [5.41, 5.74) is 3.83. The van der Waals surface area contributed by atoms with Gasteiger partial charge in [0.05, 0.1) is 17.1 Å². The summed E-state index contributed by atoms with van der Waals surface area (Å²) >= 11 is 1.63. The summed E-state index contributed by atoms with van der Waals surface area (Å²) in [6, 6.07) is 27.2. The second kappa shape index (κ2) is 9.04. The Bertz CT molecular complexity index is 1420. The van der Waals surface area contributed by atoms with Crippen LogP contribution in [0.25, 0.3) is 21.8 Å². The number of amides is 1. The maximum atomic E-state index is 13.4. The van der Waals surface area contributed by atoms with Gasteiger partial charge in [0.25, 0.3) is 0 Å². The number of rotatable bonds is 6. The van der Waals surface area contributed by atoms with Gasteiger partial charge in [0.1, 0.15) is 6.54 Å². The lowest BCUT2D eigenvalue weighted by molar-refractivity contribution is -0.122. The second-order valence-corrected chi connectivity index (χ2v) is 9.04. The number of para-hydroxylation sites is 2. The lowest BCUT2D eigenvalue weighted by Gasteiger charge is -2.20. The summed E-state index contributed by atoms with van der Waals surface area (Å²) < 4.78 is 1.94. The van der Waals surface area contributed by atoms with Crippen molar-refractivity contribution in [2.24, 2.45) is 0 Å². The molecule has 0 aliphatic heterocycles. The number of aromatic nitrogens is 1. The van der Waals surface area contributed by atoms with Gasteiger partial charge in [0.2, 0.25) is 5.91 Å². The number of fused-ring (bicyclic) bond motifs is 2. The van der Waals surface area contributed by atoms with Crippen LogP contribution in [0, 0.1) is 0 Å². The Hall–Kier alpha value is -3.70. The SMILES string of the molecule is CCc1ccc(C(NC(=O)Cn2c3ccccc3c(=O)c3ccccc32)c2cccs2)cc1. The smallest absolute Gasteiger partial charge is 0.240 e. The quantitative estimate of drug-likeness (QED) is 0.337. The van der Waals surface area contributed by atoms with Crippen LogP contribution in [0.4, 0.5) is 0 Å².